The molecular weight excluding hydrogens is 647 g/mol. The highest BCUT2D eigenvalue weighted by molar-refractivity contribution is 7.99. The van der Waals surface area contributed by atoms with Crippen molar-refractivity contribution in [2.24, 2.45) is 9.98 Å². The molecule has 10 nitrogen and oxygen atoms in total. The van der Waals surface area contributed by atoms with Gasteiger partial charge in [0, 0.05) is 59.9 Å². The first-order chi connectivity index (χ1) is 22.4. The second kappa shape index (κ2) is 13.6. The summed E-state index contributed by atoms with van der Waals surface area (Å²) in [6.45, 7) is 5.61. The van der Waals surface area contributed by atoms with E-state index in [1.54, 1.807) is 24.9 Å². The number of rotatable bonds is 9. The molecule has 46 heavy (non-hydrogen) atoms. The quantitative estimate of drug-likeness (QED) is 0.170. The summed E-state index contributed by atoms with van der Waals surface area (Å²) in [6.07, 6.45) is 4.90. The monoisotopic (exact) mass is 682 g/mol. The number of benzene rings is 2. The fraction of sp³-hybridized carbons (Fsp3) is 0.500. The van der Waals surface area contributed by atoms with Crippen LogP contribution in [0.1, 0.15) is 38.1 Å². The van der Waals surface area contributed by atoms with Crippen molar-refractivity contribution in [3.63, 3.8) is 0 Å². The summed E-state index contributed by atoms with van der Waals surface area (Å²) in [7, 11) is 1.64. The highest BCUT2D eigenvalue weighted by Crippen LogP contribution is 2.49. The van der Waals surface area contributed by atoms with Crippen molar-refractivity contribution in [3.05, 3.63) is 39.5 Å². The lowest BCUT2D eigenvalue weighted by Gasteiger charge is -2.34. The summed E-state index contributed by atoms with van der Waals surface area (Å²) < 4.78 is 22.1. The summed E-state index contributed by atoms with van der Waals surface area (Å²) in [5.74, 6) is 0.985. The molecular formula is C32H36ClFN8O2S2. The van der Waals surface area contributed by atoms with E-state index >= 15 is 0 Å². The SMILES string of the molecule is COCCN=C=NC1CCN(c2nc(=O)n3c4c(c(-c5ccc(F)c6sc(N)nc56)c(Cl)cc24)SC[C@@H]3CCN2CCCC2)CC1. The number of ether oxygens (including phenoxy) is 1. The molecule has 14 heteroatoms. The Morgan fingerprint density at radius 2 is 2.00 bits per heavy atom. The number of aromatic nitrogens is 3. The first-order valence-corrected chi connectivity index (χ1v) is 17.9. The molecule has 0 unspecified atom stereocenters. The number of hydrogen-bond donors (Lipinski definition) is 1. The van der Waals surface area contributed by atoms with Crippen molar-refractivity contribution in [2.45, 2.75) is 49.1 Å². The molecule has 3 aliphatic heterocycles. The van der Waals surface area contributed by atoms with Crippen LogP contribution in [0.5, 0.6) is 0 Å². The first-order valence-electron chi connectivity index (χ1n) is 15.8. The maximum absolute atomic E-state index is 14.8. The van der Waals surface area contributed by atoms with Crippen LogP contribution in [0.3, 0.4) is 0 Å². The van der Waals surface area contributed by atoms with Crippen molar-refractivity contribution in [1.29, 1.82) is 0 Å². The van der Waals surface area contributed by atoms with Gasteiger partial charge in [-0.3, -0.25) is 4.57 Å². The largest absolute Gasteiger partial charge is 0.383 e. The summed E-state index contributed by atoms with van der Waals surface area (Å²) >= 11 is 9.98. The molecule has 0 radical (unpaired) electrons. The van der Waals surface area contributed by atoms with Crippen LogP contribution in [0.4, 0.5) is 15.3 Å². The van der Waals surface area contributed by atoms with E-state index in [9.17, 15) is 9.18 Å². The number of likely N-dealkylation sites (tertiary alicyclic amines) is 1. The van der Waals surface area contributed by atoms with Crippen LogP contribution in [0.25, 0.3) is 32.2 Å². The zero-order valence-corrected chi connectivity index (χ0v) is 28.1. The molecule has 0 aliphatic carbocycles. The molecule has 2 aromatic heterocycles. The molecule has 242 valence electrons. The number of anilines is 2. The van der Waals surface area contributed by atoms with Gasteiger partial charge in [0.25, 0.3) is 0 Å². The van der Waals surface area contributed by atoms with Gasteiger partial charge >= 0.3 is 5.69 Å². The number of methoxy groups -OCH3 is 1. The van der Waals surface area contributed by atoms with Crippen LogP contribution in [-0.4, -0.2) is 90.2 Å². The average Bonchev–Trinajstić information content (AvgIpc) is 3.73. The minimum absolute atomic E-state index is 0.00991. The molecule has 7 rings (SSSR count). The van der Waals surface area contributed by atoms with Gasteiger partial charge < -0.3 is 20.3 Å². The second-order valence-corrected chi connectivity index (χ2v) is 14.5. The summed E-state index contributed by atoms with van der Waals surface area (Å²) in [5, 5.41) is 1.64. The summed E-state index contributed by atoms with van der Waals surface area (Å²) in [6, 6.07) is 8.00. The Morgan fingerprint density at radius 3 is 2.78 bits per heavy atom. The lowest BCUT2D eigenvalue weighted by Crippen LogP contribution is -2.39. The van der Waals surface area contributed by atoms with Gasteiger partial charge in [0.15, 0.2) is 5.13 Å². The average molecular weight is 683 g/mol. The van der Waals surface area contributed by atoms with Crippen molar-refractivity contribution < 1.29 is 9.13 Å². The van der Waals surface area contributed by atoms with Gasteiger partial charge in [-0.2, -0.15) is 4.98 Å². The van der Waals surface area contributed by atoms with Gasteiger partial charge in [0.2, 0.25) is 0 Å². The van der Waals surface area contributed by atoms with Crippen LogP contribution in [0.15, 0.2) is 37.9 Å². The fourth-order valence-electron chi connectivity index (χ4n) is 6.81. The Labute approximate surface area is 279 Å². The fourth-order valence-corrected chi connectivity index (χ4v) is 9.32. The predicted octanol–water partition coefficient (Wildman–Crippen LogP) is 5.97. The number of aliphatic imine (C=N–C) groups is 2. The minimum atomic E-state index is -0.370. The third kappa shape index (κ3) is 6.05. The number of fused-ring (bicyclic) bond motifs is 1. The molecule has 2 saturated heterocycles. The van der Waals surface area contributed by atoms with E-state index in [0.29, 0.717) is 63.7 Å². The van der Waals surface area contributed by atoms with Gasteiger partial charge in [0.05, 0.1) is 46.0 Å². The molecule has 4 aromatic rings. The molecule has 5 heterocycles. The summed E-state index contributed by atoms with van der Waals surface area (Å²) in [4.78, 5) is 37.5. The van der Waals surface area contributed by atoms with Crippen LogP contribution in [0, 0.1) is 5.82 Å². The van der Waals surface area contributed by atoms with Gasteiger partial charge in [-0.05, 0) is 63.4 Å². The molecule has 2 aromatic carbocycles. The Hall–Kier alpha value is -3.06. The minimum Gasteiger partial charge on any atom is -0.383 e. The molecule has 0 spiro atoms. The van der Waals surface area contributed by atoms with Gasteiger partial charge in [-0.25, -0.2) is 24.2 Å². The Morgan fingerprint density at radius 1 is 1.20 bits per heavy atom. The van der Waals surface area contributed by atoms with Crippen LogP contribution >= 0.6 is 34.7 Å². The summed E-state index contributed by atoms with van der Waals surface area (Å²) in [5.41, 5.74) is 8.56. The first kappa shape index (κ1) is 31.5. The van der Waals surface area contributed by atoms with Gasteiger partial charge in [-0.1, -0.05) is 22.9 Å². The number of piperidine rings is 1. The number of halogens is 2. The molecule has 0 bridgehead atoms. The Bertz CT molecular complexity index is 1900. The van der Waals surface area contributed by atoms with E-state index in [2.05, 4.69) is 30.8 Å². The highest BCUT2D eigenvalue weighted by Gasteiger charge is 2.32. The lowest BCUT2D eigenvalue weighted by molar-refractivity contribution is 0.208. The number of nitrogens with zero attached hydrogens (tertiary/aromatic N) is 7. The predicted molar refractivity (Wildman–Crippen MR) is 186 cm³/mol. The van der Waals surface area contributed by atoms with E-state index < -0.39 is 0 Å². The van der Waals surface area contributed by atoms with Gasteiger partial charge in [-0.15, -0.1) is 11.8 Å². The third-order valence-corrected chi connectivity index (χ3v) is 11.6. The Balaban J connectivity index is 1.32. The zero-order chi connectivity index (χ0) is 31.8. The van der Waals surface area contributed by atoms with E-state index in [4.69, 9.17) is 27.1 Å². The number of thioether (sulfide) groups is 1. The van der Waals surface area contributed by atoms with Gasteiger partial charge in [0.1, 0.15) is 11.6 Å². The molecule has 3 aliphatic rings. The number of thiazole rings is 1. The maximum atomic E-state index is 14.8. The standard InChI is InChI=1S/C32H36ClFN8O2S2/c1-44-15-9-36-18-37-19-6-13-41(14-7-19)30-22-16-23(33)25(21-4-5-24(34)28-26(21)38-31(35)46-28)29-27(22)42(32(43)39-30)20(17-45-29)8-12-40-10-2-3-11-40/h4-5,16,19-20H,2-3,6-15,17H2,1H3,(H2,35,38)/t20-/m0/s1. The topological polar surface area (TPSA) is 114 Å². The second-order valence-electron chi connectivity index (χ2n) is 12.0. The van der Waals surface area contributed by atoms with Crippen molar-refractivity contribution >= 4 is 72.8 Å². The number of hydrogen-bond acceptors (Lipinski definition) is 11. The van der Waals surface area contributed by atoms with Crippen LogP contribution in [0.2, 0.25) is 5.02 Å². The van der Waals surface area contributed by atoms with E-state index in [0.717, 1.165) is 71.6 Å². The lowest BCUT2D eigenvalue weighted by atomic mass is 10.00. The van der Waals surface area contributed by atoms with Crippen LogP contribution < -0.4 is 16.3 Å². The number of nitrogens with two attached hydrogens (primary N) is 1. The number of nitrogen functional groups attached to an aromatic ring is 1. The third-order valence-electron chi connectivity index (χ3n) is 9.12. The molecule has 0 amide bonds. The van der Waals surface area contributed by atoms with E-state index in [1.165, 1.54) is 18.9 Å². The van der Waals surface area contributed by atoms with Crippen molar-refractivity contribution in [3.8, 4) is 11.1 Å². The molecule has 1 atom stereocenters. The highest BCUT2D eigenvalue weighted by atomic mass is 35.5. The van der Waals surface area contributed by atoms with Crippen molar-refractivity contribution in [1.82, 2.24) is 19.4 Å². The van der Waals surface area contributed by atoms with E-state index in [1.807, 2.05) is 10.6 Å². The van der Waals surface area contributed by atoms with Crippen LogP contribution in [-0.2, 0) is 4.74 Å². The Kier molecular flexibility index (Phi) is 9.31. The normalized spacial score (nSPS) is 18.8. The molecule has 0 saturated carbocycles. The maximum Gasteiger partial charge on any atom is 0.350 e. The molecule has 2 fully saturated rings. The smallest absolute Gasteiger partial charge is 0.350 e. The van der Waals surface area contributed by atoms with E-state index in [-0.39, 0.29) is 23.6 Å². The molecule has 2 N–H and O–H groups in total. The zero-order valence-electron chi connectivity index (χ0n) is 25.7. The van der Waals surface area contributed by atoms with Crippen molar-refractivity contribution in [2.75, 3.05) is 69.4 Å².